The fourth-order valence-corrected chi connectivity index (χ4v) is 2.79. The molecule has 5 heteroatoms. The summed E-state index contributed by atoms with van der Waals surface area (Å²) in [4.78, 5) is 25.9. The van der Waals surface area contributed by atoms with Gasteiger partial charge in [0.1, 0.15) is 0 Å². The number of likely N-dealkylation sites (N-methyl/N-ethyl adjacent to an activating group) is 1. The maximum atomic E-state index is 12.5. The quantitative estimate of drug-likeness (QED) is 0.929. The van der Waals surface area contributed by atoms with Crippen LogP contribution in [-0.2, 0) is 4.79 Å². The Morgan fingerprint density at radius 2 is 1.52 bits per heavy atom. The minimum absolute atomic E-state index is 0.0354. The molecule has 2 rings (SSSR count). The molecule has 0 saturated heterocycles. The summed E-state index contributed by atoms with van der Waals surface area (Å²) >= 11 is 0. The number of rotatable bonds is 4. The van der Waals surface area contributed by atoms with E-state index in [2.05, 4.69) is 22.0 Å². The van der Waals surface area contributed by atoms with Gasteiger partial charge in [0.25, 0.3) is 5.91 Å². The topological polar surface area (TPSA) is 54.3 Å². The van der Waals surface area contributed by atoms with Crippen LogP contribution < -0.4 is 5.32 Å². The highest BCUT2D eigenvalue weighted by Gasteiger charge is 2.18. The first-order valence-corrected chi connectivity index (χ1v) is 8.40. The van der Waals surface area contributed by atoms with Crippen molar-refractivity contribution < 1.29 is 9.59 Å². The van der Waals surface area contributed by atoms with Crippen LogP contribution in [0.15, 0.2) is 36.4 Å². The third-order valence-electron chi connectivity index (χ3n) is 3.89. The molecule has 0 radical (unpaired) electrons. The smallest absolute Gasteiger partial charge is 0.254 e. The van der Waals surface area contributed by atoms with Gasteiger partial charge in [-0.15, -0.1) is 0 Å². The molecule has 0 fully saturated rings. The molecule has 0 aliphatic rings. The van der Waals surface area contributed by atoms with Crippen molar-refractivity contribution in [2.75, 3.05) is 13.6 Å². The van der Waals surface area contributed by atoms with E-state index in [1.165, 1.54) is 4.90 Å². The molecule has 1 aromatic carbocycles. The normalized spacial score (nSPS) is 11.3. The summed E-state index contributed by atoms with van der Waals surface area (Å²) in [5.74, 6) is -0.338. The number of aryl methyl sites for hydroxylation is 2. The standard InChI is InChI=1S/C20H27N3O2/c1-14-7-8-15(2)23(14)17-11-9-16(10-12-17)19(25)22(6)13-18(24)21-20(3,4)5/h7-12H,13H2,1-6H3,(H,21,24). The molecule has 134 valence electrons. The average molecular weight is 341 g/mol. The van der Waals surface area contributed by atoms with Gasteiger partial charge in [-0.05, 0) is 71.0 Å². The molecular formula is C20H27N3O2. The molecule has 0 saturated carbocycles. The van der Waals surface area contributed by atoms with E-state index >= 15 is 0 Å². The van der Waals surface area contributed by atoms with Crippen LogP contribution in [0.5, 0.6) is 0 Å². The molecular weight excluding hydrogens is 314 g/mol. The number of aromatic nitrogens is 1. The number of nitrogens with one attached hydrogen (secondary N) is 1. The Bertz CT molecular complexity index is 748. The minimum Gasteiger partial charge on any atom is -0.350 e. The molecule has 1 aromatic heterocycles. The Morgan fingerprint density at radius 1 is 1.00 bits per heavy atom. The molecule has 0 aliphatic heterocycles. The number of amides is 2. The summed E-state index contributed by atoms with van der Waals surface area (Å²) in [5.41, 5.74) is 3.57. The molecule has 0 unspecified atom stereocenters. The summed E-state index contributed by atoms with van der Waals surface area (Å²) in [5, 5.41) is 2.86. The number of carbonyl (C=O) groups excluding carboxylic acids is 2. The van der Waals surface area contributed by atoms with Crippen LogP contribution in [0.25, 0.3) is 5.69 Å². The maximum absolute atomic E-state index is 12.5. The highest BCUT2D eigenvalue weighted by molar-refractivity contribution is 5.96. The van der Waals surface area contributed by atoms with Gasteiger partial charge < -0.3 is 14.8 Å². The van der Waals surface area contributed by atoms with Crippen molar-refractivity contribution in [1.29, 1.82) is 0 Å². The number of hydrogen-bond donors (Lipinski definition) is 1. The van der Waals surface area contributed by atoms with Gasteiger partial charge in [0.2, 0.25) is 5.91 Å². The summed E-state index contributed by atoms with van der Waals surface area (Å²) < 4.78 is 2.13. The Balaban J connectivity index is 2.09. The molecule has 0 aliphatic carbocycles. The van der Waals surface area contributed by atoms with Crippen LogP contribution in [0.3, 0.4) is 0 Å². The lowest BCUT2D eigenvalue weighted by Gasteiger charge is -2.23. The predicted molar refractivity (Wildman–Crippen MR) is 100 cm³/mol. The summed E-state index contributed by atoms with van der Waals surface area (Å²) in [7, 11) is 1.64. The second kappa shape index (κ2) is 7.13. The van der Waals surface area contributed by atoms with Crippen LogP contribution in [0, 0.1) is 13.8 Å². The molecule has 0 atom stereocenters. The number of carbonyl (C=O) groups is 2. The maximum Gasteiger partial charge on any atom is 0.254 e. The Hall–Kier alpha value is -2.56. The van der Waals surface area contributed by atoms with E-state index in [-0.39, 0.29) is 23.9 Å². The number of benzene rings is 1. The molecule has 1 heterocycles. The summed E-state index contributed by atoms with van der Waals surface area (Å²) in [6.45, 7) is 9.87. The summed E-state index contributed by atoms with van der Waals surface area (Å²) in [6.07, 6.45) is 0. The van der Waals surface area contributed by atoms with Gasteiger partial charge >= 0.3 is 0 Å². The minimum atomic E-state index is -0.310. The fraction of sp³-hybridized carbons (Fsp3) is 0.400. The van der Waals surface area contributed by atoms with Crippen molar-refractivity contribution in [3.63, 3.8) is 0 Å². The Labute approximate surface area is 149 Å². The van der Waals surface area contributed by atoms with Gasteiger partial charge in [0.15, 0.2) is 0 Å². The van der Waals surface area contributed by atoms with E-state index in [9.17, 15) is 9.59 Å². The zero-order valence-electron chi connectivity index (χ0n) is 15.9. The zero-order valence-corrected chi connectivity index (χ0v) is 15.9. The van der Waals surface area contributed by atoms with E-state index < -0.39 is 0 Å². The van der Waals surface area contributed by atoms with Gasteiger partial charge in [-0.2, -0.15) is 0 Å². The Morgan fingerprint density at radius 3 is 2.00 bits per heavy atom. The molecule has 25 heavy (non-hydrogen) atoms. The molecule has 2 amide bonds. The highest BCUT2D eigenvalue weighted by atomic mass is 16.2. The molecule has 1 N–H and O–H groups in total. The second-order valence-electron chi connectivity index (χ2n) is 7.46. The van der Waals surface area contributed by atoms with Gasteiger partial charge in [-0.25, -0.2) is 0 Å². The van der Waals surface area contributed by atoms with Crippen molar-refractivity contribution >= 4 is 11.8 Å². The second-order valence-corrected chi connectivity index (χ2v) is 7.46. The molecule has 2 aromatic rings. The van der Waals surface area contributed by atoms with Crippen LogP contribution in [0.1, 0.15) is 42.5 Å². The lowest BCUT2D eigenvalue weighted by atomic mass is 10.1. The fourth-order valence-electron chi connectivity index (χ4n) is 2.79. The van der Waals surface area contributed by atoms with E-state index in [4.69, 9.17) is 0 Å². The van der Waals surface area contributed by atoms with Crippen LogP contribution in [0.2, 0.25) is 0 Å². The predicted octanol–water partition coefficient (Wildman–Crippen LogP) is 3.08. The van der Waals surface area contributed by atoms with Crippen molar-refractivity contribution in [1.82, 2.24) is 14.8 Å². The van der Waals surface area contributed by atoms with Crippen LogP contribution in [-0.4, -0.2) is 40.4 Å². The SMILES string of the molecule is Cc1ccc(C)n1-c1ccc(C(=O)N(C)CC(=O)NC(C)(C)C)cc1. The average Bonchev–Trinajstić information content (AvgIpc) is 2.83. The monoisotopic (exact) mass is 341 g/mol. The van der Waals surface area contributed by atoms with E-state index in [0.29, 0.717) is 5.56 Å². The third-order valence-corrected chi connectivity index (χ3v) is 3.89. The van der Waals surface area contributed by atoms with E-state index in [0.717, 1.165) is 17.1 Å². The number of nitrogens with zero attached hydrogens (tertiary/aromatic N) is 2. The Kier molecular flexibility index (Phi) is 5.36. The molecule has 0 bridgehead atoms. The first-order chi connectivity index (χ1) is 11.6. The zero-order chi connectivity index (χ0) is 18.8. The van der Waals surface area contributed by atoms with Gasteiger partial charge in [0.05, 0.1) is 6.54 Å². The summed E-state index contributed by atoms with van der Waals surface area (Å²) in [6, 6.07) is 11.6. The highest BCUT2D eigenvalue weighted by Crippen LogP contribution is 2.17. The van der Waals surface area contributed by atoms with Gasteiger partial charge in [-0.1, -0.05) is 0 Å². The van der Waals surface area contributed by atoms with E-state index in [1.807, 2.05) is 46.8 Å². The third kappa shape index (κ3) is 4.72. The van der Waals surface area contributed by atoms with Crippen LogP contribution >= 0.6 is 0 Å². The van der Waals surface area contributed by atoms with Crippen LogP contribution in [0.4, 0.5) is 0 Å². The molecule has 5 nitrogen and oxygen atoms in total. The van der Waals surface area contributed by atoms with E-state index in [1.54, 1.807) is 19.2 Å². The number of hydrogen-bond acceptors (Lipinski definition) is 2. The molecule has 0 spiro atoms. The van der Waals surface area contributed by atoms with Gasteiger partial charge in [-0.3, -0.25) is 9.59 Å². The van der Waals surface area contributed by atoms with Crippen molar-refractivity contribution in [2.24, 2.45) is 0 Å². The van der Waals surface area contributed by atoms with Crippen molar-refractivity contribution in [3.8, 4) is 5.69 Å². The first-order valence-electron chi connectivity index (χ1n) is 8.40. The first kappa shape index (κ1) is 18.8. The van der Waals surface area contributed by atoms with Crippen molar-refractivity contribution in [3.05, 3.63) is 53.3 Å². The lowest BCUT2D eigenvalue weighted by Crippen LogP contribution is -2.46. The van der Waals surface area contributed by atoms with Gasteiger partial charge in [0, 0.05) is 35.2 Å². The lowest BCUT2D eigenvalue weighted by molar-refractivity contribution is -0.122. The largest absolute Gasteiger partial charge is 0.350 e. The van der Waals surface area contributed by atoms with Crippen molar-refractivity contribution in [2.45, 2.75) is 40.2 Å².